The Hall–Kier alpha value is -2.03. The summed E-state index contributed by atoms with van der Waals surface area (Å²) in [6, 6.07) is 8.86. The van der Waals surface area contributed by atoms with Crippen LogP contribution in [0, 0.1) is 11.6 Å². The third-order valence-electron chi connectivity index (χ3n) is 5.02. The molecule has 0 unspecified atom stereocenters. The lowest BCUT2D eigenvalue weighted by molar-refractivity contribution is 0.181. The van der Waals surface area contributed by atoms with Crippen LogP contribution in [-0.4, -0.2) is 50.4 Å². The molecule has 2 aliphatic rings. The second-order valence-corrected chi connectivity index (χ2v) is 8.73. The van der Waals surface area contributed by atoms with Gasteiger partial charge < -0.3 is 4.74 Å². The number of sulfonamides is 1. The SMILES string of the molecule is O=S(=O)(c1ccc(F)c(F)c1)N1CCN(Cc2ccc3c(c2)CCO3)CC1. The van der Waals surface area contributed by atoms with Crippen LogP contribution in [0.25, 0.3) is 0 Å². The quantitative estimate of drug-likeness (QED) is 0.799. The summed E-state index contributed by atoms with van der Waals surface area (Å²) < 4.78 is 58.6. The summed E-state index contributed by atoms with van der Waals surface area (Å²) in [6.45, 7) is 3.25. The fourth-order valence-corrected chi connectivity index (χ4v) is 4.95. The number of fused-ring (bicyclic) bond motifs is 1. The molecule has 0 bridgehead atoms. The topological polar surface area (TPSA) is 49.9 Å². The fraction of sp³-hybridized carbons (Fsp3) is 0.368. The van der Waals surface area contributed by atoms with E-state index >= 15 is 0 Å². The Kier molecular flexibility index (Phi) is 4.88. The summed E-state index contributed by atoms with van der Waals surface area (Å²) in [7, 11) is -3.82. The zero-order chi connectivity index (χ0) is 19.0. The minimum absolute atomic E-state index is 0.214. The van der Waals surface area contributed by atoms with Crippen LogP contribution in [0.1, 0.15) is 11.1 Å². The first kappa shape index (κ1) is 18.3. The maximum Gasteiger partial charge on any atom is 0.243 e. The van der Waals surface area contributed by atoms with Gasteiger partial charge in [-0.3, -0.25) is 4.90 Å². The molecule has 2 aromatic rings. The number of halogens is 2. The summed E-state index contributed by atoms with van der Waals surface area (Å²) in [5, 5.41) is 0. The van der Waals surface area contributed by atoms with E-state index in [-0.39, 0.29) is 4.90 Å². The number of piperazine rings is 1. The van der Waals surface area contributed by atoms with E-state index in [4.69, 9.17) is 4.74 Å². The van der Waals surface area contributed by atoms with E-state index in [1.165, 1.54) is 15.4 Å². The van der Waals surface area contributed by atoms with Crippen LogP contribution in [0.3, 0.4) is 0 Å². The van der Waals surface area contributed by atoms with E-state index in [9.17, 15) is 17.2 Å². The number of benzene rings is 2. The monoisotopic (exact) mass is 394 g/mol. The molecular weight excluding hydrogens is 374 g/mol. The van der Waals surface area contributed by atoms with Gasteiger partial charge >= 0.3 is 0 Å². The number of rotatable bonds is 4. The van der Waals surface area contributed by atoms with Crippen molar-refractivity contribution >= 4 is 10.0 Å². The Labute approximate surface area is 157 Å². The van der Waals surface area contributed by atoms with E-state index in [0.29, 0.717) is 26.2 Å². The summed E-state index contributed by atoms with van der Waals surface area (Å²) >= 11 is 0. The lowest BCUT2D eigenvalue weighted by Crippen LogP contribution is -2.48. The van der Waals surface area contributed by atoms with Gasteiger partial charge in [-0.1, -0.05) is 12.1 Å². The summed E-state index contributed by atoms with van der Waals surface area (Å²) in [4.78, 5) is 1.97. The molecule has 5 nitrogen and oxygen atoms in total. The fourth-order valence-electron chi connectivity index (χ4n) is 3.51. The van der Waals surface area contributed by atoms with Gasteiger partial charge in [0.1, 0.15) is 5.75 Å². The van der Waals surface area contributed by atoms with Crippen LogP contribution < -0.4 is 4.74 Å². The predicted molar refractivity (Wildman–Crippen MR) is 96.0 cm³/mol. The molecule has 0 aromatic heterocycles. The molecule has 0 aliphatic carbocycles. The van der Waals surface area contributed by atoms with Crippen LogP contribution in [0.5, 0.6) is 5.75 Å². The van der Waals surface area contributed by atoms with Crippen LogP contribution in [0.15, 0.2) is 41.3 Å². The summed E-state index contributed by atoms with van der Waals surface area (Å²) in [6.07, 6.45) is 0.920. The van der Waals surface area contributed by atoms with Crippen molar-refractivity contribution in [2.75, 3.05) is 32.8 Å². The standard InChI is InChI=1S/C19H20F2N2O3S/c20-17-3-2-16(12-18(17)21)27(24,25)23-8-6-22(7-9-23)13-14-1-4-19-15(11-14)5-10-26-19/h1-4,11-12H,5-10,13H2. The van der Waals surface area contributed by atoms with Crippen molar-refractivity contribution in [1.82, 2.24) is 9.21 Å². The first-order valence-corrected chi connectivity index (χ1v) is 10.3. The summed E-state index contributed by atoms with van der Waals surface area (Å²) in [5.74, 6) is -1.27. The zero-order valence-electron chi connectivity index (χ0n) is 14.7. The highest BCUT2D eigenvalue weighted by atomic mass is 32.2. The molecule has 0 radical (unpaired) electrons. The number of hydrogen-bond donors (Lipinski definition) is 0. The largest absolute Gasteiger partial charge is 0.493 e. The van der Waals surface area contributed by atoms with Crippen molar-refractivity contribution in [3.63, 3.8) is 0 Å². The van der Waals surface area contributed by atoms with Gasteiger partial charge in [0.05, 0.1) is 11.5 Å². The number of nitrogens with zero attached hydrogens (tertiary/aromatic N) is 2. The van der Waals surface area contributed by atoms with Crippen LogP contribution in [-0.2, 0) is 23.0 Å². The number of hydrogen-bond acceptors (Lipinski definition) is 4. The second kappa shape index (κ2) is 7.18. The highest BCUT2D eigenvalue weighted by molar-refractivity contribution is 7.89. The van der Waals surface area contributed by atoms with Crippen molar-refractivity contribution in [3.05, 3.63) is 59.2 Å². The lowest BCUT2D eigenvalue weighted by atomic mass is 10.1. The van der Waals surface area contributed by atoms with Gasteiger partial charge in [-0.15, -0.1) is 0 Å². The Bertz CT molecular complexity index is 957. The zero-order valence-corrected chi connectivity index (χ0v) is 15.5. The maximum atomic E-state index is 13.4. The van der Waals surface area contributed by atoms with Crippen molar-refractivity contribution in [1.29, 1.82) is 0 Å². The van der Waals surface area contributed by atoms with Gasteiger partial charge in [0.2, 0.25) is 10.0 Å². The van der Waals surface area contributed by atoms with Crippen LogP contribution in [0.4, 0.5) is 8.78 Å². The normalized spacial score (nSPS) is 18.3. The molecule has 0 spiro atoms. The highest BCUT2D eigenvalue weighted by Gasteiger charge is 2.29. The Morgan fingerprint density at radius 1 is 0.963 bits per heavy atom. The lowest BCUT2D eigenvalue weighted by Gasteiger charge is -2.34. The highest BCUT2D eigenvalue weighted by Crippen LogP contribution is 2.27. The van der Waals surface area contributed by atoms with Gasteiger partial charge in [-0.05, 0) is 35.4 Å². The maximum absolute atomic E-state index is 13.4. The van der Waals surface area contributed by atoms with Crippen LogP contribution >= 0.6 is 0 Å². The molecule has 4 rings (SSSR count). The van der Waals surface area contributed by atoms with Crippen molar-refractivity contribution in [2.45, 2.75) is 17.9 Å². The molecule has 0 amide bonds. The van der Waals surface area contributed by atoms with Gasteiger partial charge in [-0.2, -0.15) is 4.31 Å². The third-order valence-corrected chi connectivity index (χ3v) is 6.91. The Balaban J connectivity index is 1.40. The average Bonchev–Trinajstić information content (AvgIpc) is 3.12. The molecule has 0 N–H and O–H groups in total. The molecule has 2 aromatic carbocycles. The van der Waals surface area contributed by atoms with Crippen molar-refractivity contribution in [2.24, 2.45) is 0 Å². The predicted octanol–water partition coefficient (Wildman–Crippen LogP) is 2.41. The molecule has 2 heterocycles. The molecule has 2 aliphatic heterocycles. The van der Waals surface area contributed by atoms with Gasteiger partial charge in [0.25, 0.3) is 0 Å². The molecule has 0 atom stereocenters. The molecule has 0 saturated carbocycles. The van der Waals surface area contributed by atoms with E-state index in [1.807, 2.05) is 12.1 Å². The van der Waals surface area contributed by atoms with E-state index in [1.54, 1.807) is 0 Å². The Morgan fingerprint density at radius 3 is 2.48 bits per heavy atom. The minimum Gasteiger partial charge on any atom is -0.493 e. The smallest absolute Gasteiger partial charge is 0.243 e. The second-order valence-electron chi connectivity index (χ2n) is 6.80. The van der Waals surface area contributed by atoms with E-state index in [0.717, 1.165) is 43.5 Å². The van der Waals surface area contributed by atoms with Gasteiger partial charge in [-0.25, -0.2) is 17.2 Å². The first-order valence-electron chi connectivity index (χ1n) is 8.86. The van der Waals surface area contributed by atoms with Crippen LogP contribution in [0.2, 0.25) is 0 Å². The molecule has 1 fully saturated rings. The van der Waals surface area contributed by atoms with Gasteiger partial charge in [0, 0.05) is 39.1 Å². The van der Waals surface area contributed by atoms with Crippen molar-refractivity contribution < 1.29 is 21.9 Å². The molecular formula is C19H20F2N2O3S. The van der Waals surface area contributed by atoms with Crippen molar-refractivity contribution in [3.8, 4) is 5.75 Å². The molecule has 27 heavy (non-hydrogen) atoms. The average molecular weight is 394 g/mol. The first-order chi connectivity index (χ1) is 12.9. The van der Waals surface area contributed by atoms with Gasteiger partial charge in [0.15, 0.2) is 11.6 Å². The third kappa shape index (κ3) is 3.69. The summed E-state index contributed by atoms with van der Waals surface area (Å²) in [5.41, 5.74) is 2.39. The van der Waals surface area contributed by atoms with E-state index < -0.39 is 21.7 Å². The number of ether oxygens (including phenoxy) is 1. The Morgan fingerprint density at radius 2 is 1.74 bits per heavy atom. The minimum atomic E-state index is -3.82. The molecule has 1 saturated heterocycles. The van der Waals surface area contributed by atoms with E-state index in [2.05, 4.69) is 11.0 Å². The molecule has 8 heteroatoms. The molecule has 144 valence electrons.